The molecule has 0 aliphatic rings. The maximum Gasteiger partial charge on any atom is 0.253 e. The average Bonchev–Trinajstić information content (AvgIpc) is 1.95. The van der Waals surface area contributed by atoms with Gasteiger partial charge in [-0.2, -0.15) is 0 Å². The Morgan fingerprint density at radius 1 is 1.50 bits per heavy atom. The highest BCUT2D eigenvalue weighted by molar-refractivity contribution is 5.02. The van der Waals surface area contributed by atoms with Crippen LogP contribution in [0.4, 0.5) is 0 Å². The normalized spacial score (nSPS) is 11.8. The van der Waals surface area contributed by atoms with Gasteiger partial charge in [0.1, 0.15) is 5.82 Å². The van der Waals surface area contributed by atoms with Gasteiger partial charge in [-0.15, -0.1) is 0 Å². The van der Waals surface area contributed by atoms with Gasteiger partial charge in [0, 0.05) is 23.8 Å². The van der Waals surface area contributed by atoms with E-state index in [2.05, 4.69) is 4.98 Å². The van der Waals surface area contributed by atoms with E-state index in [4.69, 9.17) is 5.73 Å². The van der Waals surface area contributed by atoms with Gasteiger partial charge in [0.25, 0.3) is 5.56 Å². The largest absolute Gasteiger partial charge is 0.324 e. The summed E-state index contributed by atoms with van der Waals surface area (Å²) in [6.07, 6.45) is 0. The van der Waals surface area contributed by atoms with E-state index in [0.29, 0.717) is 12.4 Å². The zero-order valence-corrected chi connectivity index (χ0v) is 9.16. The van der Waals surface area contributed by atoms with Gasteiger partial charge in [-0.25, -0.2) is 4.98 Å². The van der Waals surface area contributed by atoms with Crippen LogP contribution in [0.2, 0.25) is 0 Å². The summed E-state index contributed by atoms with van der Waals surface area (Å²) in [7, 11) is 0. The van der Waals surface area contributed by atoms with E-state index in [1.54, 1.807) is 4.57 Å². The maximum absolute atomic E-state index is 11.6. The summed E-state index contributed by atoms with van der Waals surface area (Å²) in [5.74, 6) is 0.716. The fourth-order valence-electron chi connectivity index (χ4n) is 1.36. The monoisotopic (exact) mass is 195 g/mol. The molecule has 1 aromatic rings. The summed E-state index contributed by atoms with van der Waals surface area (Å²) in [5, 5.41) is 0. The van der Waals surface area contributed by atoms with Crippen molar-refractivity contribution >= 4 is 0 Å². The number of hydrogen-bond acceptors (Lipinski definition) is 3. The van der Waals surface area contributed by atoms with Crippen molar-refractivity contribution in [3.05, 3.63) is 27.9 Å². The van der Waals surface area contributed by atoms with Crippen molar-refractivity contribution < 1.29 is 0 Å². The molecule has 14 heavy (non-hydrogen) atoms. The van der Waals surface area contributed by atoms with Gasteiger partial charge in [-0.05, 0) is 27.7 Å². The minimum atomic E-state index is -0.397. The lowest BCUT2D eigenvalue weighted by Crippen LogP contribution is -2.41. The van der Waals surface area contributed by atoms with Crippen molar-refractivity contribution in [1.82, 2.24) is 9.55 Å². The number of nitrogens with zero attached hydrogens (tertiary/aromatic N) is 2. The van der Waals surface area contributed by atoms with Crippen molar-refractivity contribution in [2.24, 2.45) is 5.73 Å². The fraction of sp³-hybridized carbons (Fsp3) is 0.600. The molecular formula is C10H17N3O. The number of aromatic nitrogens is 2. The summed E-state index contributed by atoms with van der Waals surface area (Å²) in [4.78, 5) is 15.8. The molecule has 0 radical (unpaired) electrons. The van der Waals surface area contributed by atoms with Gasteiger partial charge in [-0.1, -0.05) is 0 Å². The lowest BCUT2D eigenvalue weighted by atomic mass is 10.1. The van der Waals surface area contributed by atoms with Crippen LogP contribution < -0.4 is 11.3 Å². The standard InChI is InChI=1S/C10H17N3O/c1-7-5-9(14)13(8(2)12-7)6-10(3,4)11/h5H,6,11H2,1-4H3. The van der Waals surface area contributed by atoms with Crippen molar-refractivity contribution in [3.8, 4) is 0 Å². The predicted molar refractivity (Wildman–Crippen MR) is 56.2 cm³/mol. The maximum atomic E-state index is 11.6. The predicted octanol–water partition coefficient (Wildman–Crippen LogP) is 0.597. The van der Waals surface area contributed by atoms with Gasteiger partial charge in [0.2, 0.25) is 0 Å². The Morgan fingerprint density at radius 2 is 2.07 bits per heavy atom. The molecule has 0 amide bonds. The first-order chi connectivity index (χ1) is 6.29. The van der Waals surface area contributed by atoms with E-state index >= 15 is 0 Å². The van der Waals surface area contributed by atoms with Crippen molar-refractivity contribution in [2.45, 2.75) is 39.8 Å². The molecule has 4 heteroatoms. The Kier molecular flexibility index (Phi) is 2.76. The van der Waals surface area contributed by atoms with Gasteiger partial charge < -0.3 is 5.73 Å². The van der Waals surface area contributed by atoms with Crippen LogP contribution in [0.25, 0.3) is 0 Å². The van der Waals surface area contributed by atoms with Crippen LogP contribution in [-0.4, -0.2) is 15.1 Å². The van der Waals surface area contributed by atoms with Gasteiger partial charge >= 0.3 is 0 Å². The average molecular weight is 195 g/mol. The molecule has 1 heterocycles. The summed E-state index contributed by atoms with van der Waals surface area (Å²) < 4.78 is 1.60. The number of aryl methyl sites for hydroxylation is 2. The highest BCUT2D eigenvalue weighted by Crippen LogP contribution is 2.02. The first kappa shape index (κ1) is 10.9. The molecule has 0 saturated carbocycles. The summed E-state index contributed by atoms with van der Waals surface area (Å²) in [6, 6.07) is 1.53. The van der Waals surface area contributed by atoms with Crippen LogP contribution in [0.15, 0.2) is 10.9 Å². The van der Waals surface area contributed by atoms with Crippen molar-refractivity contribution in [1.29, 1.82) is 0 Å². The Morgan fingerprint density at radius 3 is 2.50 bits per heavy atom. The molecule has 0 atom stereocenters. The zero-order valence-electron chi connectivity index (χ0n) is 9.16. The van der Waals surface area contributed by atoms with Gasteiger partial charge in [-0.3, -0.25) is 9.36 Å². The van der Waals surface area contributed by atoms with Crippen LogP contribution in [0.1, 0.15) is 25.4 Å². The molecule has 0 spiro atoms. The highest BCUT2D eigenvalue weighted by atomic mass is 16.1. The lowest BCUT2D eigenvalue weighted by molar-refractivity contribution is 0.416. The van der Waals surface area contributed by atoms with E-state index in [-0.39, 0.29) is 5.56 Å². The molecule has 4 nitrogen and oxygen atoms in total. The smallest absolute Gasteiger partial charge is 0.253 e. The van der Waals surface area contributed by atoms with Crippen LogP contribution >= 0.6 is 0 Å². The molecule has 0 fully saturated rings. The Bertz CT molecular complexity index is 387. The topological polar surface area (TPSA) is 60.9 Å². The van der Waals surface area contributed by atoms with Gasteiger partial charge in [0.05, 0.1) is 0 Å². The van der Waals surface area contributed by atoms with E-state index in [1.807, 2.05) is 27.7 Å². The quantitative estimate of drug-likeness (QED) is 0.751. The second kappa shape index (κ2) is 3.53. The second-order valence-corrected chi connectivity index (χ2v) is 4.36. The number of rotatable bonds is 2. The van der Waals surface area contributed by atoms with E-state index in [1.165, 1.54) is 6.07 Å². The molecular weight excluding hydrogens is 178 g/mol. The second-order valence-electron chi connectivity index (χ2n) is 4.36. The molecule has 2 N–H and O–H groups in total. The molecule has 1 aromatic heterocycles. The summed E-state index contributed by atoms with van der Waals surface area (Å²) in [5.41, 5.74) is 6.17. The first-order valence-electron chi connectivity index (χ1n) is 4.63. The van der Waals surface area contributed by atoms with E-state index in [9.17, 15) is 4.79 Å². The SMILES string of the molecule is Cc1cc(=O)n(CC(C)(C)N)c(C)n1. The molecule has 0 unspecified atom stereocenters. The number of nitrogens with two attached hydrogens (primary N) is 1. The van der Waals surface area contributed by atoms with Crippen molar-refractivity contribution in [3.63, 3.8) is 0 Å². The Labute approximate surface area is 83.8 Å². The molecule has 0 bridgehead atoms. The molecule has 0 aliphatic carbocycles. The molecule has 0 saturated heterocycles. The van der Waals surface area contributed by atoms with Crippen molar-refractivity contribution in [2.75, 3.05) is 0 Å². The van der Waals surface area contributed by atoms with Crippen LogP contribution in [-0.2, 0) is 6.54 Å². The third-order valence-electron chi connectivity index (χ3n) is 1.89. The molecule has 0 aromatic carbocycles. The number of hydrogen-bond donors (Lipinski definition) is 1. The Balaban J connectivity index is 3.16. The molecule has 0 aliphatic heterocycles. The fourth-order valence-corrected chi connectivity index (χ4v) is 1.36. The van der Waals surface area contributed by atoms with Crippen LogP contribution in [0.5, 0.6) is 0 Å². The summed E-state index contributed by atoms with van der Waals surface area (Å²) in [6.45, 7) is 7.90. The highest BCUT2D eigenvalue weighted by Gasteiger charge is 2.14. The van der Waals surface area contributed by atoms with Crippen LogP contribution in [0, 0.1) is 13.8 Å². The molecule has 1 rings (SSSR count). The van der Waals surface area contributed by atoms with Crippen LogP contribution in [0.3, 0.4) is 0 Å². The first-order valence-corrected chi connectivity index (χ1v) is 4.63. The van der Waals surface area contributed by atoms with Gasteiger partial charge in [0.15, 0.2) is 0 Å². The minimum Gasteiger partial charge on any atom is -0.324 e. The third kappa shape index (κ3) is 2.67. The third-order valence-corrected chi connectivity index (χ3v) is 1.89. The minimum absolute atomic E-state index is 0.0338. The lowest BCUT2D eigenvalue weighted by Gasteiger charge is -2.21. The Hall–Kier alpha value is -1.16. The zero-order chi connectivity index (χ0) is 10.9. The van der Waals surface area contributed by atoms with E-state index in [0.717, 1.165) is 5.69 Å². The summed E-state index contributed by atoms with van der Waals surface area (Å²) >= 11 is 0. The molecule has 78 valence electrons. The van der Waals surface area contributed by atoms with E-state index < -0.39 is 5.54 Å².